The maximum Gasteiger partial charge on any atom is 0.163 e. The minimum Gasteiger partial charge on any atom is -0.493 e. The summed E-state index contributed by atoms with van der Waals surface area (Å²) in [6, 6.07) is 2.81. The average molecular weight is 367 g/mol. The molecule has 1 aromatic rings. The van der Waals surface area contributed by atoms with Gasteiger partial charge in [0.25, 0.3) is 0 Å². The first kappa shape index (κ1) is 15.6. The number of rotatable bonds is 4. The van der Waals surface area contributed by atoms with Crippen LogP contribution in [0.2, 0.25) is 0 Å². The largest absolute Gasteiger partial charge is 0.493 e. The molecule has 0 aliphatic carbocycles. The zero-order chi connectivity index (χ0) is 14.9. The van der Waals surface area contributed by atoms with E-state index in [1.807, 2.05) is 0 Å². The van der Waals surface area contributed by atoms with Crippen LogP contribution in [0.3, 0.4) is 0 Å². The van der Waals surface area contributed by atoms with Crippen molar-refractivity contribution in [3.05, 3.63) is 23.5 Å². The Hall–Kier alpha value is -0.820. The Balaban J connectivity index is 2.33. The molecule has 2 atom stereocenters. The number of hydrogen-bond acceptors (Lipinski definition) is 4. The molecule has 0 radical (unpaired) electrons. The molecule has 112 valence electrons. The summed E-state index contributed by atoms with van der Waals surface area (Å²) in [5, 5.41) is 0. The second-order valence-electron chi connectivity index (χ2n) is 4.79. The molecule has 0 N–H and O–H groups in total. The van der Waals surface area contributed by atoms with E-state index in [-0.39, 0.29) is 22.3 Å². The molecule has 7 heteroatoms. The van der Waals surface area contributed by atoms with E-state index in [0.717, 1.165) is 0 Å². The van der Waals surface area contributed by atoms with Crippen LogP contribution in [0.25, 0.3) is 0 Å². The minimum absolute atomic E-state index is 0.0801. The predicted octanol–water partition coefficient (Wildman–Crippen LogP) is 2.71. The third kappa shape index (κ3) is 3.09. The zero-order valence-corrected chi connectivity index (χ0v) is 13.6. The van der Waals surface area contributed by atoms with Crippen LogP contribution in [0.4, 0.5) is 4.39 Å². The minimum atomic E-state index is -3.00. The normalized spacial score (nSPS) is 22.5. The molecule has 1 aliphatic heterocycles. The van der Waals surface area contributed by atoms with Gasteiger partial charge in [0.2, 0.25) is 0 Å². The lowest BCUT2D eigenvalue weighted by atomic mass is 9.98. The summed E-state index contributed by atoms with van der Waals surface area (Å²) in [5.41, 5.74) is 0.393. The molecule has 2 rings (SSSR count). The molecule has 1 fully saturated rings. The first-order valence-corrected chi connectivity index (χ1v) is 8.87. The molecule has 1 saturated heterocycles. The van der Waals surface area contributed by atoms with Crippen LogP contribution in [0, 0.1) is 11.7 Å². The second-order valence-corrected chi connectivity index (χ2v) is 8.01. The fourth-order valence-electron chi connectivity index (χ4n) is 2.39. The van der Waals surface area contributed by atoms with E-state index < -0.39 is 15.7 Å². The summed E-state index contributed by atoms with van der Waals surface area (Å²) in [4.78, 5) is -0.361. The first-order chi connectivity index (χ1) is 9.38. The SMILES string of the molecule is COc1cc(F)c(C(Br)C2CCS(=O)(=O)C2)cc1OC. The van der Waals surface area contributed by atoms with Gasteiger partial charge in [-0.3, -0.25) is 0 Å². The number of benzene rings is 1. The monoisotopic (exact) mass is 366 g/mol. The zero-order valence-electron chi connectivity index (χ0n) is 11.2. The van der Waals surface area contributed by atoms with E-state index >= 15 is 0 Å². The number of alkyl halides is 1. The van der Waals surface area contributed by atoms with Crippen molar-refractivity contribution in [3.63, 3.8) is 0 Å². The van der Waals surface area contributed by atoms with Crippen molar-refractivity contribution in [3.8, 4) is 11.5 Å². The summed E-state index contributed by atoms with van der Waals surface area (Å²) >= 11 is 3.42. The van der Waals surface area contributed by atoms with Crippen molar-refractivity contribution in [1.29, 1.82) is 0 Å². The lowest BCUT2D eigenvalue weighted by Gasteiger charge is -2.19. The number of methoxy groups -OCH3 is 2. The third-order valence-electron chi connectivity index (χ3n) is 3.48. The van der Waals surface area contributed by atoms with Crippen molar-refractivity contribution in [2.75, 3.05) is 25.7 Å². The highest BCUT2D eigenvalue weighted by Crippen LogP contribution is 2.42. The van der Waals surface area contributed by atoms with Crippen LogP contribution >= 0.6 is 15.9 Å². The van der Waals surface area contributed by atoms with Crippen LogP contribution in [0.1, 0.15) is 16.8 Å². The Morgan fingerprint density at radius 3 is 2.40 bits per heavy atom. The molecule has 0 aromatic heterocycles. The van der Waals surface area contributed by atoms with Crippen molar-refractivity contribution in [2.45, 2.75) is 11.2 Å². The van der Waals surface area contributed by atoms with Crippen LogP contribution in [-0.4, -0.2) is 34.1 Å². The second kappa shape index (κ2) is 5.89. The molecule has 0 saturated carbocycles. The van der Waals surface area contributed by atoms with E-state index in [0.29, 0.717) is 23.5 Å². The van der Waals surface area contributed by atoms with Crippen molar-refractivity contribution in [1.82, 2.24) is 0 Å². The Kier molecular flexibility index (Phi) is 4.59. The van der Waals surface area contributed by atoms with Crippen LogP contribution < -0.4 is 9.47 Å². The van der Waals surface area contributed by atoms with Gasteiger partial charge in [-0.25, -0.2) is 12.8 Å². The smallest absolute Gasteiger partial charge is 0.163 e. The third-order valence-corrected chi connectivity index (χ3v) is 6.52. The summed E-state index contributed by atoms with van der Waals surface area (Å²) < 4.78 is 47.4. The van der Waals surface area contributed by atoms with Gasteiger partial charge in [0.1, 0.15) is 5.82 Å². The maximum atomic E-state index is 14.1. The van der Waals surface area contributed by atoms with Gasteiger partial charge in [0, 0.05) is 16.5 Å². The molecule has 1 heterocycles. The highest BCUT2D eigenvalue weighted by molar-refractivity contribution is 9.09. The van der Waals surface area contributed by atoms with Gasteiger partial charge in [0.15, 0.2) is 21.3 Å². The molecule has 1 aliphatic rings. The summed E-state index contributed by atoms with van der Waals surface area (Å²) in [7, 11) is -0.0866. The Labute approximate surface area is 126 Å². The maximum absolute atomic E-state index is 14.1. The molecule has 1 aromatic carbocycles. The first-order valence-electron chi connectivity index (χ1n) is 6.14. The molecule has 2 unspecified atom stereocenters. The molecular weight excluding hydrogens is 351 g/mol. The van der Waals surface area contributed by atoms with E-state index in [1.54, 1.807) is 6.07 Å². The Morgan fingerprint density at radius 1 is 1.30 bits per heavy atom. The molecular formula is C13H16BrFO4S. The highest BCUT2D eigenvalue weighted by atomic mass is 79.9. The molecule has 0 spiro atoms. The highest BCUT2D eigenvalue weighted by Gasteiger charge is 2.34. The van der Waals surface area contributed by atoms with Crippen LogP contribution in [-0.2, 0) is 9.84 Å². The number of hydrogen-bond donors (Lipinski definition) is 0. The average Bonchev–Trinajstić information content (AvgIpc) is 2.78. The van der Waals surface area contributed by atoms with Crippen LogP contribution in [0.15, 0.2) is 12.1 Å². The molecule has 0 amide bonds. The number of halogens is 2. The quantitative estimate of drug-likeness (QED) is 0.768. The number of sulfone groups is 1. The summed E-state index contributed by atoms with van der Waals surface area (Å²) in [6.45, 7) is 0. The fraction of sp³-hybridized carbons (Fsp3) is 0.538. The van der Waals surface area contributed by atoms with Gasteiger partial charge >= 0.3 is 0 Å². The van der Waals surface area contributed by atoms with Gasteiger partial charge in [-0.15, -0.1) is 0 Å². The number of ether oxygens (including phenoxy) is 2. The molecule has 20 heavy (non-hydrogen) atoms. The standard InChI is InChI=1S/C13H16BrFO4S/c1-18-11-5-9(10(15)6-12(11)19-2)13(14)8-3-4-20(16,17)7-8/h5-6,8,13H,3-4,7H2,1-2H3. The molecule has 0 bridgehead atoms. The van der Waals surface area contributed by atoms with E-state index in [9.17, 15) is 12.8 Å². The Bertz CT molecular complexity index is 603. The van der Waals surface area contributed by atoms with Gasteiger partial charge in [0.05, 0.1) is 25.7 Å². The van der Waals surface area contributed by atoms with Crippen LogP contribution in [0.5, 0.6) is 11.5 Å². The van der Waals surface area contributed by atoms with Gasteiger partial charge in [-0.1, -0.05) is 15.9 Å². The summed E-state index contributed by atoms with van der Waals surface area (Å²) in [5.74, 6) is 0.411. The summed E-state index contributed by atoms with van der Waals surface area (Å²) in [6.07, 6.45) is 0.534. The lowest BCUT2D eigenvalue weighted by molar-refractivity contribution is 0.351. The topological polar surface area (TPSA) is 52.6 Å². The lowest BCUT2D eigenvalue weighted by Crippen LogP contribution is -2.11. The van der Waals surface area contributed by atoms with Gasteiger partial charge in [-0.2, -0.15) is 0 Å². The van der Waals surface area contributed by atoms with Crippen molar-refractivity contribution in [2.24, 2.45) is 5.92 Å². The fourth-order valence-corrected chi connectivity index (χ4v) is 5.28. The molecule has 4 nitrogen and oxygen atoms in total. The van der Waals surface area contributed by atoms with E-state index in [4.69, 9.17) is 9.47 Å². The van der Waals surface area contributed by atoms with Crippen molar-refractivity contribution >= 4 is 25.8 Å². The predicted molar refractivity (Wildman–Crippen MR) is 77.9 cm³/mol. The Morgan fingerprint density at radius 2 is 1.90 bits per heavy atom. The van der Waals surface area contributed by atoms with Gasteiger partial charge in [-0.05, 0) is 18.4 Å². The van der Waals surface area contributed by atoms with Gasteiger partial charge < -0.3 is 9.47 Å². The van der Waals surface area contributed by atoms with E-state index in [2.05, 4.69) is 15.9 Å². The van der Waals surface area contributed by atoms with Crippen molar-refractivity contribution < 1.29 is 22.3 Å². The van der Waals surface area contributed by atoms with E-state index in [1.165, 1.54) is 20.3 Å².